The van der Waals surface area contributed by atoms with Gasteiger partial charge in [-0.1, -0.05) is 6.07 Å². The summed E-state index contributed by atoms with van der Waals surface area (Å²) in [4.78, 5) is 24.1. The van der Waals surface area contributed by atoms with Gasteiger partial charge in [-0.2, -0.15) is 0 Å². The van der Waals surface area contributed by atoms with Gasteiger partial charge in [0, 0.05) is 5.69 Å². The largest absolute Gasteiger partial charge is 0.494 e. The molecule has 0 bridgehead atoms. The quantitative estimate of drug-likeness (QED) is 0.650. The van der Waals surface area contributed by atoms with Crippen LogP contribution < -0.4 is 14.8 Å². The highest BCUT2D eigenvalue weighted by atomic mass is 32.2. The fourth-order valence-corrected chi connectivity index (χ4v) is 3.34. The number of hydrogen-bond donors (Lipinski definition) is 2. The average Bonchev–Trinajstić information content (AvgIpc) is 2.68. The second kappa shape index (κ2) is 9.34. The Morgan fingerprint density at radius 1 is 1.07 bits per heavy atom. The molecule has 8 nitrogen and oxygen atoms in total. The van der Waals surface area contributed by atoms with Crippen LogP contribution in [0.1, 0.15) is 22.8 Å². The molecule has 0 aromatic heterocycles. The van der Waals surface area contributed by atoms with E-state index in [-0.39, 0.29) is 16.1 Å². The Morgan fingerprint density at radius 3 is 2.36 bits per heavy atom. The molecule has 0 fully saturated rings. The molecule has 28 heavy (non-hydrogen) atoms. The highest BCUT2D eigenvalue weighted by Gasteiger charge is 2.16. The van der Waals surface area contributed by atoms with Gasteiger partial charge < -0.3 is 14.8 Å². The van der Waals surface area contributed by atoms with E-state index in [1.807, 2.05) is 6.92 Å². The van der Waals surface area contributed by atoms with Gasteiger partial charge in [-0.25, -0.2) is 17.9 Å². The number of aryl methyl sites for hydroxylation is 1. The molecule has 0 unspecified atom stereocenters. The first-order chi connectivity index (χ1) is 13.3. The molecule has 0 saturated heterocycles. The number of amides is 1. The number of esters is 1. The third kappa shape index (κ3) is 5.54. The molecule has 1 amide bonds. The Labute approximate surface area is 163 Å². The van der Waals surface area contributed by atoms with Crippen LogP contribution >= 0.6 is 0 Å². The molecular formula is C19H22N2O6S. The fraction of sp³-hybridized carbons (Fsp3) is 0.263. The first-order valence-electron chi connectivity index (χ1n) is 8.51. The van der Waals surface area contributed by atoms with Crippen molar-refractivity contribution in [3.8, 4) is 5.75 Å². The summed E-state index contributed by atoms with van der Waals surface area (Å²) in [5, 5.41) is 2.51. The van der Waals surface area contributed by atoms with Gasteiger partial charge in [0.05, 0.1) is 17.1 Å². The van der Waals surface area contributed by atoms with Crippen molar-refractivity contribution in [2.75, 3.05) is 25.6 Å². The lowest BCUT2D eigenvalue weighted by atomic mass is 10.2. The molecule has 0 spiro atoms. The van der Waals surface area contributed by atoms with Crippen LogP contribution in [0.5, 0.6) is 5.75 Å². The zero-order valence-electron chi connectivity index (χ0n) is 15.8. The monoisotopic (exact) mass is 406 g/mol. The lowest BCUT2D eigenvalue weighted by molar-refractivity contribution is -0.119. The first kappa shape index (κ1) is 21.4. The predicted octanol–water partition coefficient (Wildman–Crippen LogP) is 2.10. The Morgan fingerprint density at radius 2 is 1.75 bits per heavy atom. The maximum Gasteiger partial charge on any atom is 0.338 e. The average molecular weight is 406 g/mol. The number of hydrogen-bond acceptors (Lipinski definition) is 6. The van der Waals surface area contributed by atoms with Crippen molar-refractivity contribution in [2.24, 2.45) is 0 Å². The summed E-state index contributed by atoms with van der Waals surface area (Å²) >= 11 is 0. The highest BCUT2D eigenvalue weighted by molar-refractivity contribution is 7.89. The normalized spacial score (nSPS) is 11.0. The third-order valence-corrected chi connectivity index (χ3v) is 5.32. The number of benzene rings is 2. The maximum absolute atomic E-state index is 12.0. The lowest BCUT2D eigenvalue weighted by Gasteiger charge is -2.11. The van der Waals surface area contributed by atoms with Crippen LogP contribution in [0.2, 0.25) is 0 Å². The summed E-state index contributed by atoms with van der Waals surface area (Å²) in [5.41, 5.74) is 1.10. The zero-order valence-corrected chi connectivity index (χ0v) is 16.6. The van der Waals surface area contributed by atoms with Crippen molar-refractivity contribution < 1.29 is 27.5 Å². The van der Waals surface area contributed by atoms with Crippen molar-refractivity contribution in [3.05, 3.63) is 53.6 Å². The standard InChI is InChI=1S/C19H22N2O6S/c1-4-26-16-9-6-14(7-10-16)19(23)27-12-18(22)21-15-8-5-13(2)17(11-15)28(24,25)20-3/h5-11,20H,4,12H2,1-3H3,(H,21,22). The molecule has 2 N–H and O–H groups in total. The lowest BCUT2D eigenvalue weighted by Crippen LogP contribution is -2.22. The summed E-state index contributed by atoms with van der Waals surface area (Å²) in [7, 11) is -2.35. The number of ether oxygens (including phenoxy) is 2. The Kier molecular flexibility index (Phi) is 7.13. The van der Waals surface area contributed by atoms with E-state index < -0.39 is 28.5 Å². The van der Waals surface area contributed by atoms with E-state index in [9.17, 15) is 18.0 Å². The molecule has 0 aliphatic heterocycles. The van der Waals surface area contributed by atoms with E-state index in [0.29, 0.717) is 17.9 Å². The summed E-state index contributed by atoms with van der Waals surface area (Å²) in [6.45, 7) is 3.51. The molecule has 0 atom stereocenters. The van der Waals surface area contributed by atoms with E-state index in [1.54, 1.807) is 43.3 Å². The SMILES string of the molecule is CCOc1ccc(C(=O)OCC(=O)Nc2ccc(C)c(S(=O)(=O)NC)c2)cc1. The molecule has 150 valence electrons. The number of anilines is 1. The van der Waals surface area contributed by atoms with E-state index >= 15 is 0 Å². The molecule has 9 heteroatoms. The Hall–Kier alpha value is -2.91. The molecule has 0 aliphatic carbocycles. The van der Waals surface area contributed by atoms with Crippen LogP contribution in [0.3, 0.4) is 0 Å². The predicted molar refractivity (Wildman–Crippen MR) is 104 cm³/mol. The van der Waals surface area contributed by atoms with Crippen LogP contribution in [-0.4, -0.2) is 40.6 Å². The van der Waals surface area contributed by atoms with Gasteiger partial charge in [-0.3, -0.25) is 4.79 Å². The minimum Gasteiger partial charge on any atom is -0.494 e. The summed E-state index contributed by atoms with van der Waals surface area (Å²) in [6, 6.07) is 10.8. The molecule has 0 heterocycles. The van der Waals surface area contributed by atoms with Crippen LogP contribution in [0.4, 0.5) is 5.69 Å². The van der Waals surface area contributed by atoms with Crippen molar-refractivity contribution in [1.82, 2.24) is 4.72 Å². The van der Waals surface area contributed by atoms with Crippen LogP contribution in [0.15, 0.2) is 47.4 Å². The topological polar surface area (TPSA) is 111 Å². The molecule has 2 aromatic rings. The smallest absolute Gasteiger partial charge is 0.338 e. The Balaban J connectivity index is 1.97. The molecule has 0 aliphatic rings. The third-order valence-electron chi connectivity index (χ3n) is 3.77. The Bertz CT molecular complexity index is 955. The van der Waals surface area contributed by atoms with Crippen molar-refractivity contribution in [2.45, 2.75) is 18.7 Å². The summed E-state index contributed by atoms with van der Waals surface area (Å²) in [6.07, 6.45) is 0. The van der Waals surface area contributed by atoms with E-state index in [1.165, 1.54) is 13.1 Å². The minimum absolute atomic E-state index is 0.0548. The summed E-state index contributed by atoms with van der Waals surface area (Å²) < 4.78 is 36.5. The molecular weight excluding hydrogens is 384 g/mol. The number of sulfonamides is 1. The highest BCUT2D eigenvalue weighted by Crippen LogP contribution is 2.20. The number of rotatable bonds is 8. The van der Waals surface area contributed by atoms with Gasteiger partial charge in [0.1, 0.15) is 5.75 Å². The van der Waals surface area contributed by atoms with Gasteiger partial charge in [-0.05, 0) is 62.9 Å². The minimum atomic E-state index is -3.65. The van der Waals surface area contributed by atoms with Gasteiger partial charge >= 0.3 is 5.97 Å². The van der Waals surface area contributed by atoms with Crippen molar-refractivity contribution in [3.63, 3.8) is 0 Å². The molecule has 2 rings (SSSR count). The number of carbonyl (C=O) groups excluding carboxylic acids is 2. The summed E-state index contributed by atoms with van der Waals surface area (Å²) in [5.74, 6) is -0.611. The molecule has 0 saturated carbocycles. The van der Waals surface area contributed by atoms with Gasteiger partial charge in [-0.15, -0.1) is 0 Å². The van der Waals surface area contributed by atoms with Crippen molar-refractivity contribution >= 4 is 27.6 Å². The van der Waals surface area contributed by atoms with E-state index in [4.69, 9.17) is 9.47 Å². The van der Waals surface area contributed by atoms with Crippen LogP contribution in [-0.2, 0) is 19.6 Å². The van der Waals surface area contributed by atoms with Crippen molar-refractivity contribution in [1.29, 1.82) is 0 Å². The first-order valence-corrected chi connectivity index (χ1v) is 9.99. The number of nitrogens with one attached hydrogen (secondary N) is 2. The van der Waals surface area contributed by atoms with Crippen LogP contribution in [0, 0.1) is 6.92 Å². The molecule has 0 radical (unpaired) electrons. The number of carbonyl (C=O) groups is 2. The second-order valence-corrected chi connectivity index (χ2v) is 7.62. The van der Waals surface area contributed by atoms with Gasteiger partial charge in [0.2, 0.25) is 10.0 Å². The van der Waals surface area contributed by atoms with Gasteiger partial charge in [0.25, 0.3) is 5.91 Å². The zero-order chi connectivity index (χ0) is 20.7. The van der Waals surface area contributed by atoms with E-state index in [0.717, 1.165) is 0 Å². The fourth-order valence-electron chi connectivity index (χ4n) is 2.34. The van der Waals surface area contributed by atoms with E-state index in [2.05, 4.69) is 10.0 Å². The van der Waals surface area contributed by atoms with Crippen LogP contribution in [0.25, 0.3) is 0 Å². The van der Waals surface area contributed by atoms with Gasteiger partial charge in [0.15, 0.2) is 6.61 Å². The molecule has 2 aromatic carbocycles. The second-order valence-electron chi connectivity index (χ2n) is 5.77. The maximum atomic E-state index is 12.0.